The van der Waals surface area contributed by atoms with Gasteiger partial charge in [0.15, 0.2) is 0 Å². The van der Waals surface area contributed by atoms with Crippen LogP contribution < -0.4 is 0 Å². The van der Waals surface area contributed by atoms with Crippen LogP contribution in [0.4, 0.5) is 0 Å². The summed E-state index contributed by atoms with van der Waals surface area (Å²) < 4.78 is 5.37. The summed E-state index contributed by atoms with van der Waals surface area (Å²) in [5.41, 5.74) is 0. The molecule has 1 saturated carbocycles. The first-order valence-electron chi connectivity index (χ1n) is 6.21. The quantitative estimate of drug-likeness (QED) is 0.766. The van der Waals surface area contributed by atoms with Crippen LogP contribution in [0.5, 0.6) is 0 Å². The highest BCUT2D eigenvalue weighted by molar-refractivity contribution is 4.82. The Morgan fingerprint density at radius 2 is 1.93 bits per heavy atom. The van der Waals surface area contributed by atoms with Crippen LogP contribution in [0.1, 0.15) is 32.1 Å². The molecule has 0 aromatic heterocycles. The maximum absolute atomic E-state index is 9.51. The minimum absolute atomic E-state index is 0.0489. The van der Waals surface area contributed by atoms with Crippen LogP contribution in [-0.2, 0) is 4.74 Å². The van der Waals surface area contributed by atoms with E-state index in [1.807, 2.05) is 0 Å². The predicted molar refractivity (Wildman–Crippen MR) is 59.8 cm³/mol. The fraction of sp³-hybridized carbons (Fsp3) is 1.00. The van der Waals surface area contributed by atoms with Crippen molar-refractivity contribution in [2.75, 3.05) is 26.8 Å². The molecule has 3 nitrogen and oxygen atoms in total. The summed E-state index contributed by atoms with van der Waals surface area (Å²) >= 11 is 0. The second-order valence-electron chi connectivity index (χ2n) is 5.12. The molecule has 0 bridgehead atoms. The Balaban J connectivity index is 1.73. The minimum Gasteiger partial charge on any atom is -0.393 e. The van der Waals surface area contributed by atoms with Gasteiger partial charge < -0.3 is 14.7 Å². The van der Waals surface area contributed by atoms with Crippen LogP contribution in [-0.4, -0.2) is 49.0 Å². The zero-order valence-electron chi connectivity index (χ0n) is 9.69. The van der Waals surface area contributed by atoms with Crippen molar-refractivity contribution in [3.05, 3.63) is 0 Å². The summed E-state index contributed by atoms with van der Waals surface area (Å²) in [5, 5.41) is 9.51. The van der Waals surface area contributed by atoms with Crippen molar-refractivity contribution >= 4 is 0 Å². The van der Waals surface area contributed by atoms with Gasteiger partial charge in [-0.25, -0.2) is 0 Å². The average molecular weight is 213 g/mol. The van der Waals surface area contributed by atoms with Gasteiger partial charge in [0.05, 0.1) is 6.10 Å². The maximum atomic E-state index is 9.51. The van der Waals surface area contributed by atoms with Gasteiger partial charge in [-0.3, -0.25) is 0 Å². The minimum atomic E-state index is -0.0489. The molecule has 15 heavy (non-hydrogen) atoms. The average Bonchev–Trinajstić information content (AvgIpc) is 2.66. The van der Waals surface area contributed by atoms with Crippen molar-refractivity contribution in [3.63, 3.8) is 0 Å². The van der Waals surface area contributed by atoms with Crippen molar-refractivity contribution in [2.45, 2.75) is 44.2 Å². The molecular weight excluding hydrogens is 190 g/mol. The van der Waals surface area contributed by atoms with E-state index in [0.29, 0.717) is 6.04 Å². The standard InChI is InChI=1S/C12H23NO2/c1-13(11-2-3-12(14)8-11)9-10-4-6-15-7-5-10/h10-12,14H,2-9H2,1H3. The van der Waals surface area contributed by atoms with Gasteiger partial charge in [0.2, 0.25) is 0 Å². The lowest BCUT2D eigenvalue weighted by Crippen LogP contribution is -2.36. The van der Waals surface area contributed by atoms with E-state index in [9.17, 15) is 5.11 Å². The molecule has 2 rings (SSSR count). The Hall–Kier alpha value is -0.120. The Morgan fingerprint density at radius 1 is 1.20 bits per heavy atom. The molecule has 88 valence electrons. The summed E-state index contributed by atoms with van der Waals surface area (Å²) in [5.74, 6) is 0.807. The first-order chi connectivity index (χ1) is 7.25. The molecule has 2 unspecified atom stereocenters. The van der Waals surface area contributed by atoms with Crippen LogP contribution in [0.2, 0.25) is 0 Å². The monoisotopic (exact) mass is 213 g/mol. The number of aliphatic hydroxyl groups is 1. The Bertz CT molecular complexity index is 192. The van der Waals surface area contributed by atoms with Crippen LogP contribution in [0.15, 0.2) is 0 Å². The molecule has 1 saturated heterocycles. The van der Waals surface area contributed by atoms with Gasteiger partial charge in [-0.05, 0) is 45.1 Å². The Kier molecular flexibility index (Phi) is 4.00. The van der Waals surface area contributed by atoms with Crippen LogP contribution in [0, 0.1) is 5.92 Å². The molecule has 1 N–H and O–H groups in total. The van der Waals surface area contributed by atoms with E-state index in [0.717, 1.165) is 32.0 Å². The zero-order chi connectivity index (χ0) is 10.7. The third-order valence-corrected chi connectivity index (χ3v) is 3.89. The van der Waals surface area contributed by atoms with E-state index in [2.05, 4.69) is 11.9 Å². The SMILES string of the molecule is CN(CC1CCOCC1)C1CCC(O)C1. The highest BCUT2D eigenvalue weighted by Crippen LogP contribution is 2.25. The van der Waals surface area contributed by atoms with E-state index in [1.54, 1.807) is 0 Å². The largest absolute Gasteiger partial charge is 0.393 e. The predicted octanol–water partition coefficient (Wildman–Crippen LogP) is 1.26. The summed E-state index contributed by atoms with van der Waals surface area (Å²) in [4.78, 5) is 2.45. The van der Waals surface area contributed by atoms with Crippen molar-refractivity contribution in [2.24, 2.45) is 5.92 Å². The van der Waals surface area contributed by atoms with E-state index in [-0.39, 0.29) is 6.10 Å². The second kappa shape index (κ2) is 5.28. The van der Waals surface area contributed by atoms with Crippen LogP contribution >= 0.6 is 0 Å². The van der Waals surface area contributed by atoms with Crippen molar-refractivity contribution in [1.29, 1.82) is 0 Å². The third-order valence-electron chi connectivity index (χ3n) is 3.89. The van der Waals surface area contributed by atoms with E-state index >= 15 is 0 Å². The van der Waals surface area contributed by atoms with Gasteiger partial charge in [0.1, 0.15) is 0 Å². The second-order valence-corrected chi connectivity index (χ2v) is 5.12. The summed E-state index contributed by atoms with van der Waals surface area (Å²) in [6, 6.07) is 0.614. The van der Waals surface area contributed by atoms with Gasteiger partial charge in [-0.2, -0.15) is 0 Å². The molecule has 0 radical (unpaired) electrons. The number of hydrogen-bond acceptors (Lipinski definition) is 3. The van der Waals surface area contributed by atoms with Gasteiger partial charge >= 0.3 is 0 Å². The Morgan fingerprint density at radius 3 is 2.53 bits per heavy atom. The molecule has 1 aliphatic heterocycles. The molecule has 0 spiro atoms. The maximum Gasteiger partial charge on any atom is 0.0555 e. The summed E-state index contributed by atoms with van der Waals surface area (Å²) in [7, 11) is 2.21. The molecule has 0 amide bonds. The van der Waals surface area contributed by atoms with Crippen molar-refractivity contribution in [3.8, 4) is 0 Å². The molecule has 2 fully saturated rings. The lowest BCUT2D eigenvalue weighted by molar-refractivity contribution is 0.0495. The van der Waals surface area contributed by atoms with Gasteiger partial charge in [0.25, 0.3) is 0 Å². The first-order valence-corrected chi connectivity index (χ1v) is 6.21. The zero-order valence-corrected chi connectivity index (χ0v) is 9.69. The van der Waals surface area contributed by atoms with Crippen molar-refractivity contribution in [1.82, 2.24) is 4.90 Å². The molecule has 2 atom stereocenters. The normalized spacial score (nSPS) is 33.8. The van der Waals surface area contributed by atoms with Gasteiger partial charge in [-0.15, -0.1) is 0 Å². The lowest BCUT2D eigenvalue weighted by atomic mass is 9.99. The molecule has 1 aliphatic carbocycles. The summed E-state index contributed by atoms with van der Waals surface area (Å²) in [6.45, 7) is 3.05. The molecular formula is C12H23NO2. The number of nitrogens with zero attached hydrogens (tertiary/aromatic N) is 1. The van der Waals surface area contributed by atoms with Crippen LogP contribution in [0.25, 0.3) is 0 Å². The Labute approximate surface area is 92.4 Å². The highest BCUT2D eigenvalue weighted by atomic mass is 16.5. The third kappa shape index (κ3) is 3.16. The number of aliphatic hydroxyl groups excluding tert-OH is 1. The van der Waals surface area contributed by atoms with Gasteiger partial charge in [0, 0.05) is 25.8 Å². The summed E-state index contributed by atoms with van der Waals surface area (Å²) in [6.07, 6.45) is 5.50. The van der Waals surface area contributed by atoms with Crippen LogP contribution in [0.3, 0.4) is 0 Å². The number of ether oxygens (including phenoxy) is 1. The first kappa shape index (κ1) is 11.4. The van der Waals surface area contributed by atoms with Gasteiger partial charge in [-0.1, -0.05) is 0 Å². The van der Waals surface area contributed by atoms with E-state index in [1.165, 1.54) is 25.8 Å². The molecule has 1 heterocycles. The topological polar surface area (TPSA) is 32.7 Å². The molecule has 0 aromatic rings. The van der Waals surface area contributed by atoms with E-state index < -0.39 is 0 Å². The molecule has 2 aliphatic rings. The smallest absolute Gasteiger partial charge is 0.0555 e. The highest BCUT2D eigenvalue weighted by Gasteiger charge is 2.27. The molecule has 3 heteroatoms. The fourth-order valence-electron chi connectivity index (χ4n) is 2.82. The van der Waals surface area contributed by atoms with Crippen molar-refractivity contribution < 1.29 is 9.84 Å². The fourth-order valence-corrected chi connectivity index (χ4v) is 2.82. The number of hydrogen-bond donors (Lipinski definition) is 1. The molecule has 0 aromatic carbocycles. The lowest BCUT2D eigenvalue weighted by Gasteiger charge is -2.30. The number of rotatable bonds is 3. The van der Waals surface area contributed by atoms with E-state index in [4.69, 9.17) is 4.74 Å².